The highest BCUT2D eigenvalue weighted by Gasteiger charge is 2.58. The Hall–Kier alpha value is -6.66. The molecule has 352 valence electrons. The van der Waals surface area contributed by atoms with Crippen molar-refractivity contribution in [3.8, 4) is 5.75 Å². The summed E-state index contributed by atoms with van der Waals surface area (Å²) in [5, 5.41) is 0.978. The Kier molecular flexibility index (Phi) is 7.68. The van der Waals surface area contributed by atoms with Gasteiger partial charge in [0.15, 0.2) is 0 Å². The van der Waals surface area contributed by atoms with Crippen molar-refractivity contribution < 1.29 is 21.5 Å². The maximum absolute atomic E-state index is 9.56. The van der Waals surface area contributed by atoms with Gasteiger partial charge in [0.25, 0.3) is 6.71 Å². The van der Waals surface area contributed by atoms with Crippen LogP contribution in [-0.4, -0.2) is 12.3 Å². The van der Waals surface area contributed by atoms with E-state index in [1.807, 2.05) is 12.1 Å². The lowest BCUT2D eigenvalue weighted by Gasteiger charge is -2.44. The molecule has 12 rings (SSSR count). The Bertz CT molecular complexity index is 3920. The first-order valence-electron chi connectivity index (χ1n) is 29.3. The van der Waals surface area contributed by atoms with Gasteiger partial charge in [-0.15, -0.1) is 0 Å². The lowest BCUT2D eigenvalue weighted by molar-refractivity contribution is 0.0677. The molecule has 3 aliphatic heterocycles. The van der Waals surface area contributed by atoms with Crippen LogP contribution in [0.3, 0.4) is 0 Å². The number of hydrogen-bond acceptors (Lipinski definition) is 5. The van der Waals surface area contributed by atoms with Crippen LogP contribution in [0.4, 0.5) is 51.4 Å². The van der Waals surface area contributed by atoms with Gasteiger partial charge in [-0.05, 0) is 131 Å². The predicted molar refractivity (Wildman–Crippen MR) is 296 cm³/mol. The van der Waals surface area contributed by atoms with Gasteiger partial charge in [0, 0.05) is 67.6 Å². The van der Waals surface area contributed by atoms with E-state index >= 15 is 0 Å². The molecule has 1 fully saturated rings. The zero-order chi connectivity index (χ0) is 56.7. The zero-order valence-corrected chi connectivity index (χ0v) is 42.5. The Morgan fingerprint density at radius 2 is 1.29 bits per heavy atom. The van der Waals surface area contributed by atoms with Crippen molar-refractivity contribution in [3.05, 3.63) is 173 Å². The summed E-state index contributed by atoms with van der Waals surface area (Å²) >= 11 is 0. The lowest BCUT2D eigenvalue weighted by atomic mass is 9.33. The highest BCUT2D eigenvalue weighted by atomic mass is 16.5. The number of anilines is 9. The fraction of sp³-hybridized carbons (Fsp3) is 0.312. The van der Waals surface area contributed by atoms with Crippen LogP contribution in [0, 0.1) is 6.92 Å². The topological polar surface area (TPSA) is 32.1 Å². The first kappa shape index (κ1) is 35.4. The Morgan fingerprint density at radius 3 is 1.97 bits per heavy atom. The number of aryl methyl sites for hydroxylation is 1. The molecule has 0 radical (unpaired) electrons. The van der Waals surface area contributed by atoms with E-state index in [1.165, 1.54) is 16.5 Å². The van der Waals surface area contributed by atoms with Crippen LogP contribution in [0.2, 0.25) is 0 Å². The Morgan fingerprint density at radius 1 is 0.614 bits per heavy atom. The third-order valence-electron chi connectivity index (χ3n) is 16.1. The maximum atomic E-state index is 9.56. The van der Waals surface area contributed by atoms with Crippen molar-refractivity contribution in [2.75, 3.05) is 14.7 Å². The molecular formula is C64H66BN3O2. The molecule has 1 aliphatic carbocycles. The van der Waals surface area contributed by atoms with Gasteiger partial charge in [-0.2, -0.15) is 0 Å². The van der Waals surface area contributed by atoms with Gasteiger partial charge in [0.2, 0.25) is 5.88 Å². The molecule has 5 nitrogen and oxygen atoms in total. The number of ether oxygens (including phenoxy) is 1. The van der Waals surface area contributed by atoms with E-state index in [2.05, 4.69) is 166 Å². The highest BCUT2D eigenvalue weighted by Crippen LogP contribution is 2.60. The largest absolute Gasteiger partial charge is 0.486 e. The molecule has 0 saturated heterocycles. The molecule has 1 aromatic heterocycles. The van der Waals surface area contributed by atoms with E-state index < -0.39 is 60.7 Å². The van der Waals surface area contributed by atoms with Crippen molar-refractivity contribution in [1.29, 1.82) is 0 Å². The highest BCUT2D eigenvalue weighted by molar-refractivity contribution is 7.01. The summed E-state index contributed by atoms with van der Waals surface area (Å²) in [5.74, 6) is 1.43. The predicted octanol–water partition coefficient (Wildman–Crippen LogP) is 15.8. The number of nitrogens with zero attached hydrogens (tertiary/aromatic N) is 3. The summed E-state index contributed by atoms with van der Waals surface area (Å²) in [6, 6.07) is 26.7. The number of benzene rings is 7. The molecule has 0 N–H and O–H groups in total. The zero-order valence-electron chi connectivity index (χ0n) is 51.5. The summed E-state index contributed by atoms with van der Waals surface area (Å²) in [4.78, 5) is 5.86. The molecule has 4 heterocycles. The third-order valence-corrected chi connectivity index (χ3v) is 16.1. The molecule has 0 spiro atoms. The van der Waals surface area contributed by atoms with Crippen molar-refractivity contribution in [1.82, 2.24) is 0 Å². The number of furan rings is 1. The molecular weight excluding hydrogens is 854 g/mol. The van der Waals surface area contributed by atoms with Gasteiger partial charge in [-0.1, -0.05) is 154 Å². The van der Waals surface area contributed by atoms with Crippen molar-refractivity contribution in [2.24, 2.45) is 0 Å². The molecule has 4 aliphatic rings. The quantitative estimate of drug-likeness (QED) is 0.161. The summed E-state index contributed by atoms with van der Waals surface area (Å²) in [6.07, 6.45) is 2.93. The molecule has 7 aromatic carbocycles. The minimum Gasteiger partial charge on any atom is -0.486 e. The van der Waals surface area contributed by atoms with Crippen LogP contribution in [0.25, 0.3) is 11.0 Å². The summed E-state index contributed by atoms with van der Waals surface area (Å²) in [7, 11) is 0. The summed E-state index contributed by atoms with van der Waals surface area (Å²) in [6.45, 7) is 26.0. The smallest absolute Gasteiger partial charge is 0.257 e. The Labute approximate surface area is 428 Å². The average molecular weight is 929 g/mol. The summed E-state index contributed by atoms with van der Waals surface area (Å²) < 4.78 is 96.8. The van der Waals surface area contributed by atoms with E-state index in [4.69, 9.17) is 17.4 Å². The van der Waals surface area contributed by atoms with E-state index in [9.17, 15) is 4.11 Å². The second kappa shape index (κ2) is 15.2. The molecule has 70 heavy (non-hydrogen) atoms. The number of hydrogen-bond donors (Lipinski definition) is 0. The van der Waals surface area contributed by atoms with E-state index in [0.717, 1.165) is 91.7 Å². The number of para-hydroxylation sites is 3. The molecule has 2 unspecified atom stereocenters. The van der Waals surface area contributed by atoms with E-state index in [1.54, 1.807) is 0 Å². The number of rotatable bonds is 5. The van der Waals surface area contributed by atoms with Crippen molar-refractivity contribution >= 4 is 85.5 Å². The summed E-state index contributed by atoms with van der Waals surface area (Å²) in [5.41, 5.74) is 11.7. The molecule has 2 atom stereocenters. The third kappa shape index (κ3) is 6.57. The van der Waals surface area contributed by atoms with Gasteiger partial charge >= 0.3 is 0 Å². The number of fused-ring (bicyclic) bond motifs is 9. The van der Waals surface area contributed by atoms with Crippen LogP contribution in [-0.2, 0) is 21.7 Å². The van der Waals surface area contributed by atoms with Crippen molar-refractivity contribution in [2.45, 2.75) is 130 Å². The van der Waals surface area contributed by atoms with Gasteiger partial charge in [0.05, 0.1) is 23.7 Å². The van der Waals surface area contributed by atoms with Gasteiger partial charge in [-0.25, -0.2) is 0 Å². The fourth-order valence-electron chi connectivity index (χ4n) is 12.1. The first-order valence-corrected chi connectivity index (χ1v) is 24.8. The van der Waals surface area contributed by atoms with Crippen LogP contribution in [0.1, 0.15) is 136 Å². The molecule has 0 bridgehead atoms. The molecule has 1 saturated carbocycles. The van der Waals surface area contributed by atoms with E-state index in [0.29, 0.717) is 17.3 Å². The first-order chi connectivity index (χ1) is 37.0. The van der Waals surface area contributed by atoms with Crippen LogP contribution >= 0.6 is 0 Å². The monoisotopic (exact) mass is 929 g/mol. The Balaban J connectivity index is 1.29. The SMILES string of the molecule is [2H]c1cc(N(c2cc3c4c(c2)N(c2ccc(C(C)(C)C)cc2C)c2oc5c(C(C)(C)C)cccc5c2B4c2cc4c(cc2N3c2ccc(C(C)(C)C)cc2)OC2(C)CCCC42C)c2c([2H])c([2H])c([2H])c([2H])c2[2H])c([2H])c([2H])c1[2H]. The van der Waals surface area contributed by atoms with Crippen LogP contribution in [0.15, 0.2) is 150 Å². The van der Waals surface area contributed by atoms with Crippen LogP contribution in [0.5, 0.6) is 5.75 Å². The second-order valence-electron chi connectivity index (χ2n) is 23.6. The second-order valence-corrected chi connectivity index (χ2v) is 23.6. The normalized spacial score (nSPS) is 20.9. The lowest BCUT2D eigenvalue weighted by Crippen LogP contribution is -2.61. The average Bonchev–Trinajstić information content (AvgIpc) is 2.47. The molecule has 6 heteroatoms. The van der Waals surface area contributed by atoms with Crippen molar-refractivity contribution in [3.63, 3.8) is 0 Å². The molecule has 8 aromatic rings. The minimum absolute atomic E-state index is 0.0999. The van der Waals surface area contributed by atoms with Gasteiger partial charge in [-0.3, -0.25) is 4.90 Å². The minimum atomic E-state index is -0.590. The van der Waals surface area contributed by atoms with E-state index in [-0.39, 0.29) is 44.8 Å². The van der Waals surface area contributed by atoms with Gasteiger partial charge in [0.1, 0.15) is 16.9 Å². The maximum Gasteiger partial charge on any atom is 0.257 e. The molecule has 0 amide bonds. The standard InChI is InChI=1S/C64H66BN3O2/c1-40-35-42(61(5,6)7)29-32-51(40)68-54-37-46(66(43-21-15-13-16-22-43)44-23-17-14-18-24-44)36-53-57(54)65(56-47-25-19-26-48(62(8,9)10)58(47)69-59(56)68)50-38-49-55(70-64(12)34-20-33-63(49,64)11)39-52(50)67(53)45-30-27-41(28-31-45)60(2,3)4/h13-19,21-32,35-39H,20,33-34H2,1-12H3/i13D,14D,15D,16D,17D,18D,21D,22D,23D. The van der Waals surface area contributed by atoms with Gasteiger partial charge < -0.3 is 19.0 Å². The fourth-order valence-corrected chi connectivity index (χ4v) is 12.1. The van der Waals surface area contributed by atoms with Crippen LogP contribution < -0.4 is 35.8 Å².